The highest BCUT2D eigenvalue weighted by Crippen LogP contribution is 2.35. The molecule has 0 saturated carbocycles. The van der Waals surface area contributed by atoms with Crippen LogP contribution in [-0.4, -0.2) is 37.6 Å². The molecule has 7 heteroatoms. The number of benzene rings is 2. The van der Waals surface area contributed by atoms with Gasteiger partial charge in [0.15, 0.2) is 0 Å². The highest BCUT2D eigenvalue weighted by Gasteiger charge is 2.31. The Morgan fingerprint density at radius 1 is 1.18 bits per heavy atom. The second kappa shape index (κ2) is 9.93. The Morgan fingerprint density at radius 2 is 1.94 bits per heavy atom. The third-order valence-corrected chi connectivity index (χ3v) is 6.56. The van der Waals surface area contributed by atoms with E-state index in [1.807, 2.05) is 87.1 Å². The van der Waals surface area contributed by atoms with Crippen LogP contribution >= 0.6 is 24.0 Å². The monoisotopic (exact) mass is 477 g/mol. The maximum Gasteiger partial charge on any atom is 0.266 e. The summed E-state index contributed by atoms with van der Waals surface area (Å²) < 4.78 is 8.36. The van der Waals surface area contributed by atoms with Crippen LogP contribution in [0, 0.1) is 6.92 Å². The zero-order valence-electron chi connectivity index (χ0n) is 19.2. The summed E-state index contributed by atoms with van der Waals surface area (Å²) >= 11 is 6.79. The summed E-state index contributed by atoms with van der Waals surface area (Å²) in [5.74, 6) is 0.820. The zero-order valence-corrected chi connectivity index (χ0v) is 20.9. The first kappa shape index (κ1) is 23.3. The predicted molar refractivity (Wildman–Crippen MR) is 140 cm³/mol. The van der Waals surface area contributed by atoms with Crippen LogP contribution < -0.4 is 4.74 Å². The quantitative estimate of drug-likeness (QED) is 0.297. The molecule has 1 saturated heterocycles. The number of para-hydroxylation sites is 1. The van der Waals surface area contributed by atoms with E-state index in [9.17, 15) is 4.79 Å². The van der Waals surface area contributed by atoms with Crippen molar-refractivity contribution in [2.45, 2.75) is 40.2 Å². The molecule has 1 fully saturated rings. The van der Waals surface area contributed by atoms with Crippen LogP contribution in [0.3, 0.4) is 0 Å². The molecule has 0 aliphatic carbocycles. The summed E-state index contributed by atoms with van der Waals surface area (Å²) in [6.07, 6.45) is 4.84. The van der Waals surface area contributed by atoms with Crippen molar-refractivity contribution < 1.29 is 9.53 Å². The van der Waals surface area contributed by atoms with Gasteiger partial charge in [0.05, 0.1) is 16.7 Å². The van der Waals surface area contributed by atoms with Crippen LogP contribution in [0.25, 0.3) is 23.0 Å². The minimum absolute atomic E-state index is 0.0397. The summed E-state index contributed by atoms with van der Waals surface area (Å²) in [6, 6.07) is 16.0. The van der Waals surface area contributed by atoms with Crippen molar-refractivity contribution in [1.82, 2.24) is 14.7 Å². The topological polar surface area (TPSA) is 47.4 Å². The first-order valence-electron chi connectivity index (χ1n) is 11.1. The van der Waals surface area contributed by atoms with Crippen LogP contribution in [0.5, 0.6) is 5.75 Å². The molecule has 0 unspecified atom stereocenters. The maximum atomic E-state index is 12.9. The molecular formula is C26H27N3O2S2. The number of nitrogens with zero attached hydrogens (tertiary/aromatic N) is 3. The Bertz CT molecular complexity index is 1220. The van der Waals surface area contributed by atoms with Gasteiger partial charge in [-0.2, -0.15) is 5.10 Å². The number of ether oxygens (including phenoxy) is 1. The number of thiocarbonyl (C=S) groups is 1. The second-order valence-corrected chi connectivity index (χ2v) is 9.87. The number of aryl methyl sites for hydroxylation is 1. The summed E-state index contributed by atoms with van der Waals surface area (Å²) in [4.78, 5) is 15.2. The Morgan fingerprint density at radius 3 is 2.61 bits per heavy atom. The van der Waals surface area contributed by atoms with Crippen molar-refractivity contribution in [3.05, 3.63) is 70.8 Å². The molecule has 0 atom stereocenters. The number of carbonyl (C=O) groups excluding carboxylic acids is 1. The Balaban J connectivity index is 1.79. The number of aromatic nitrogens is 2. The summed E-state index contributed by atoms with van der Waals surface area (Å²) in [5.41, 5.74) is 4.63. The fourth-order valence-electron chi connectivity index (χ4n) is 3.67. The molecule has 5 nitrogen and oxygen atoms in total. The average molecular weight is 478 g/mol. The SMILES string of the molecule is CCCN1C(=O)/C(=C/c2cn(-c3ccccc3)nc2-c2ccc(OC(C)C)c(C)c2)SC1=S. The Labute approximate surface area is 204 Å². The molecule has 1 aliphatic rings. The number of amides is 1. The molecule has 0 radical (unpaired) electrons. The first-order valence-corrected chi connectivity index (χ1v) is 12.3. The molecule has 0 bridgehead atoms. The number of carbonyl (C=O) groups is 1. The molecule has 2 heterocycles. The van der Waals surface area contributed by atoms with Gasteiger partial charge in [-0.05, 0) is 69.2 Å². The van der Waals surface area contributed by atoms with E-state index in [-0.39, 0.29) is 12.0 Å². The van der Waals surface area contributed by atoms with Crippen LogP contribution in [-0.2, 0) is 4.79 Å². The maximum absolute atomic E-state index is 12.9. The molecule has 1 aromatic heterocycles. The van der Waals surface area contributed by atoms with Gasteiger partial charge in [-0.25, -0.2) is 4.68 Å². The van der Waals surface area contributed by atoms with Crippen LogP contribution in [0.1, 0.15) is 38.3 Å². The minimum Gasteiger partial charge on any atom is -0.491 e. The molecule has 33 heavy (non-hydrogen) atoms. The molecule has 0 N–H and O–H groups in total. The van der Waals surface area contributed by atoms with Gasteiger partial charge in [0.2, 0.25) is 0 Å². The third kappa shape index (κ3) is 5.04. The zero-order chi connectivity index (χ0) is 23.5. The lowest BCUT2D eigenvalue weighted by molar-refractivity contribution is -0.122. The van der Waals surface area contributed by atoms with Gasteiger partial charge < -0.3 is 4.74 Å². The van der Waals surface area contributed by atoms with Gasteiger partial charge in [0.25, 0.3) is 5.91 Å². The standard InChI is InChI=1S/C26H27N3O2S2/c1-5-13-28-25(30)23(33-26(28)32)15-20-16-29(21-9-7-6-8-10-21)27-24(20)19-11-12-22(18(4)14-19)31-17(2)3/h6-12,14-17H,5,13H2,1-4H3/b23-15-. The molecule has 4 rings (SSSR count). The van der Waals surface area contributed by atoms with Gasteiger partial charge >= 0.3 is 0 Å². The summed E-state index contributed by atoms with van der Waals surface area (Å²) in [6.45, 7) is 8.74. The van der Waals surface area contributed by atoms with E-state index in [4.69, 9.17) is 22.1 Å². The Hall–Kier alpha value is -2.90. The van der Waals surface area contributed by atoms with Crippen molar-refractivity contribution in [3.8, 4) is 22.7 Å². The lowest BCUT2D eigenvalue weighted by Crippen LogP contribution is -2.28. The van der Waals surface area contributed by atoms with E-state index in [1.165, 1.54) is 11.8 Å². The molecule has 1 aliphatic heterocycles. The third-order valence-electron chi connectivity index (χ3n) is 5.18. The van der Waals surface area contributed by atoms with E-state index >= 15 is 0 Å². The number of hydrogen-bond acceptors (Lipinski definition) is 5. The predicted octanol–water partition coefficient (Wildman–Crippen LogP) is 6.25. The first-order chi connectivity index (χ1) is 15.9. The molecular weight excluding hydrogens is 450 g/mol. The summed E-state index contributed by atoms with van der Waals surface area (Å²) in [7, 11) is 0. The number of hydrogen-bond donors (Lipinski definition) is 0. The van der Waals surface area contributed by atoms with Crippen molar-refractivity contribution in [2.75, 3.05) is 6.54 Å². The largest absolute Gasteiger partial charge is 0.491 e. The highest BCUT2D eigenvalue weighted by molar-refractivity contribution is 8.26. The van der Waals surface area contributed by atoms with Crippen molar-refractivity contribution in [3.63, 3.8) is 0 Å². The highest BCUT2D eigenvalue weighted by atomic mass is 32.2. The van der Waals surface area contributed by atoms with Crippen LogP contribution in [0.15, 0.2) is 59.6 Å². The van der Waals surface area contributed by atoms with Crippen LogP contribution in [0.2, 0.25) is 0 Å². The van der Waals surface area contributed by atoms with E-state index in [0.717, 1.165) is 40.2 Å². The van der Waals surface area contributed by atoms with E-state index in [1.54, 1.807) is 4.90 Å². The molecule has 170 valence electrons. The lowest BCUT2D eigenvalue weighted by atomic mass is 10.0. The number of thioether (sulfide) groups is 1. The molecule has 3 aromatic rings. The fourth-order valence-corrected chi connectivity index (χ4v) is 4.97. The minimum atomic E-state index is -0.0397. The van der Waals surface area contributed by atoms with Gasteiger partial charge in [-0.15, -0.1) is 0 Å². The lowest BCUT2D eigenvalue weighted by Gasteiger charge is -2.13. The van der Waals surface area contributed by atoms with Crippen molar-refractivity contribution in [1.29, 1.82) is 0 Å². The van der Waals surface area contributed by atoms with Gasteiger partial charge in [-0.3, -0.25) is 9.69 Å². The average Bonchev–Trinajstić information content (AvgIpc) is 3.32. The molecule has 0 spiro atoms. The van der Waals surface area contributed by atoms with Crippen LogP contribution in [0.4, 0.5) is 0 Å². The Kier molecular flexibility index (Phi) is 7.00. The molecule has 1 amide bonds. The van der Waals surface area contributed by atoms with Crippen molar-refractivity contribution in [2.24, 2.45) is 0 Å². The smallest absolute Gasteiger partial charge is 0.266 e. The van der Waals surface area contributed by atoms with E-state index in [0.29, 0.717) is 15.8 Å². The van der Waals surface area contributed by atoms with E-state index in [2.05, 4.69) is 6.07 Å². The summed E-state index contributed by atoms with van der Waals surface area (Å²) in [5, 5.41) is 4.89. The van der Waals surface area contributed by atoms with Crippen molar-refractivity contribution >= 4 is 40.3 Å². The molecule has 2 aromatic carbocycles. The normalized spacial score (nSPS) is 15.2. The van der Waals surface area contributed by atoms with E-state index < -0.39 is 0 Å². The van der Waals surface area contributed by atoms with Gasteiger partial charge in [-0.1, -0.05) is 49.1 Å². The van der Waals surface area contributed by atoms with Gasteiger partial charge in [0, 0.05) is 23.9 Å². The number of rotatable bonds is 7. The second-order valence-electron chi connectivity index (χ2n) is 8.19. The fraction of sp³-hybridized carbons (Fsp3) is 0.269. The van der Waals surface area contributed by atoms with Gasteiger partial charge in [0.1, 0.15) is 15.8 Å².